The van der Waals surface area contributed by atoms with Gasteiger partial charge in [0.25, 0.3) is 0 Å². The molecule has 156 valence electrons. The third kappa shape index (κ3) is 10.1. The Morgan fingerprint density at radius 2 is 1.81 bits per heavy atom. The molecule has 0 aromatic carbocycles. The summed E-state index contributed by atoms with van der Waals surface area (Å²) in [4.78, 5) is 10.5. The zero-order chi connectivity index (χ0) is 20.1. The van der Waals surface area contributed by atoms with Crippen LogP contribution in [-0.4, -0.2) is 44.7 Å². The largest absolute Gasteiger partial charge is 0.481 e. The van der Waals surface area contributed by atoms with Crippen LogP contribution >= 0.6 is 0 Å². The summed E-state index contributed by atoms with van der Waals surface area (Å²) in [5, 5.41) is 39.2. The van der Waals surface area contributed by atoms with E-state index in [1.807, 2.05) is 18.2 Å². The lowest BCUT2D eigenvalue weighted by atomic mass is 9.89. The molecule has 5 nitrogen and oxygen atoms in total. The molecule has 0 heterocycles. The molecule has 0 aliphatic heterocycles. The number of rotatable bonds is 14. The van der Waals surface area contributed by atoms with Crippen molar-refractivity contribution in [1.29, 1.82) is 0 Å². The maximum absolute atomic E-state index is 10.5. The summed E-state index contributed by atoms with van der Waals surface area (Å²) in [5.74, 6) is -1.01. The van der Waals surface area contributed by atoms with Crippen molar-refractivity contribution in [2.45, 2.75) is 95.9 Å². The van der Waals surface area contributed by atoms with Crippen molar-refractivity contribution in [2.75, 3.05) is 0 Å². The monoisotopic (exact) mass is 382 g/mol. The third-order valence-corrected chi connectivity index (χ3v) is 5.41. The van der Waals surface area contributed by atoms with Crippen LogP contribution in [0.15, 0.2) is 24.3 Å². The summed E-state index contributed by atoms with van der Waals surface area (Å²) < 4.78 is 0. The molecule has 0 bridgehead atoms. The molecule has 5 heteroatoms. The predicted molar refractivity (Wildman–Crippen MR) is 107 cm³/mol. The second-order valence-electron chi connectivity index (χ2n) is 7.76. The van der Waals surface area contributed by atoms with E-state index in [0.29, 0.717) is 25.7 Å². The molecule has 0 aromatic heterocycles. The number of aliphatic hydroxyl groups is 3. The summed E-state index contributed by atoms with van der Waals surface area (Å²) in [7, 11) is 0. The van der Waals surface area contributed by atoms with Crippen LogP contribution in [0.1, 0.15) is 77.6 Å². The van der Waals surface area contributed by atoms with Crippen molar-refractivity contribution < 1.29 is 25.2 Å². The Balaban J connectivity index is 2.41. The lowest BCUT2D eigenvalue weighted by Crippen LogP contribution is -2.20. The Hall–Kier alpha value is -1.17. The molecule has 4 N–H and O–H groups in total. The Bertz CT molecular complexity index is 460. The lowest BCUT2D eigenvalue weighted by Gasteiger charge is -2.19. The SMILES string of the molecule is CCCCCCCC(O)C=C[C@H]1C(O)CC(O)C1CC=CCCCC(=O)O. The Kier molecular flexibility index (Phi) is 12.3. The molecule has 0 spiro atoms. The highest BCUT2D eigenvalue weighted by Gasteiger charge is 2.39. The summed E-state index contributed by atoms with van der Waals surface area (Å²) in [6.07, 6.45) is 15.0. The standard InChI is InChI=1S/C22H38O5/c1-2-3-4-5-8-11-17(23)14-15-19-18(20(24)16-21(19)25)12-9-6-7-10-13-22(26)27/h6,9,14-15,17-21,23-25H,2-5,7-8,10-13,16H2,1H3,(H,26,27)/t17?,18?,19-,20?,21?/m1/s1. The van der Waals surface area contributed by atoms with Gasteiger partial charge in [-0.05, 0) is 31.6 Å². The van der Waals surface area contributed by atoms with Gasteiger partial charge in [0, 0.05) is 18.8 Å². The highest BCUT2D eigenvalue weighted by molar-refractivity contribution is 5.66. The van der Waals surface area contributed by atoms with Crippen molar-refractivity contribution in [3.8, 4) is 0 Å². The molecule has 1 rings (SSSR count). The van der Waals surface area contributed by atoms with E-state index in [-0.39, 0.29) is 18.3 Å². The van der Waals surface area contributed by atoms with Gasteiger partial charge in [0.2, 0.25) is 0 Å². The van der Waals surface area contributed by atoms with Crippen molar-refractivity contribution in [1.82, 2.24) is 0 Å². The average molecular weight is 383 g/mol. The minimum atomic E-state index is -0.785. The van der Waals surface area contributed by atoms with E-state index in [1.165, 1.54) is 19.3 Å². The smallest absolute Gasteiger partial charge is 0.303 e. The van der Waals surface area contributed by atoms with Crippen LogP contribution < -0.4 is 0 Å². The second-order valence-corrected chi connectivity index (χ2v) is 7.76. The average Bonchev–Trinajstić information content (AvgIpc) is 2.88. The van der Waals surface area contributed by atoms with E-state index in [1.54, 1.807) is 6.08 Å². The van der Waals surface area contributed by atoms with Crippen LogP contribution in [0.4, 0.5) is 0 Å². The summed E-state index contributed by atoms with van der Waals surface area (Å²) >= 11 is 0. The normalized spacial score (nSPS) is 27.0. The number of hydrogen-bond donors (Lipinski definition) is 4. The molecule has 1 aliphatic rings. The van der Waals surface area contributed by atoms with Crippen molar-refractivity contribution >= 4 is 5.97 Å². The molecule has 0 radical (unpaired) electrons. The van der Waals surface area contributed by atoms with Gasteiger partial charge in [-0.1, -0.05) is 63.3 Å². The second kappa shape index (κ2) is 13.9. The van der Waals surface area contributed by atoms with Gasteiger partial charge in [-0.2, -0.15) is 0 Å². The minimum absolute atomic E-state index is 0.0660. The third-order valence-electron chi connectivity index (χ3n) is 5.41. The molecule has 5 atom stereocenters. The van der Waals surface area contributed by atoms with Gasteiger partial charge in [-0.3, -0.25) is 4.79 Å². The molecular formula is C22H38O5. The fourth-order valence-corrected chi connectivity index (χ4v) is 3.76. The van der Waals surface area contributed by atoms with Gasteiger partial charge in [0.15, 0.2) is 0 Å². The van der Waals surface area contributed by atoms with Gasteiger partial charge in [-0.15, -0.1) is 0 Å². The Labute approximate surface area is 163 Å². The summed E-state index contributed by atoms with van der Waals surface area (Å²) in [6, 6.07) is 0. The van der Waals surface area contributed by atoms with E-state index in [0.717, 1.165) is 19.3 Å². The number of unbranched alkanes of at least 4 members (excludes halogenated alkanes) is 5. The summed E-state index contributed by atoms with van der Waals surface area (Å²) in [5.41, 5.74) is 0. The molecule has 1 fully saturated rings. The van der Waals surface area contributed by atoms with E-state index in [4.69, 9.17) is 5.11 Å². The van der Waals surface area contributed by atoms with Gasteiger partial charge >= 0.3 is 5.97 Å². The maximum Gasteiger partial charge on any atom is 0.303 e. The first-order valence-corrected chi connectivity index (χ1v) is 10.5. The van der Waals surface area contributed by atoms with Crippen LogP contribution in [0.25, 0.3) is 0 Å². The van der Waals surface area contributed by atoms with Gasteiger partial charge in [0.05, 0.1) is 18.3 Å². The highest BCUT2D eigenvalue weighted by Crippen LogP contribution is 2.36. The van der Waals surface area contributed by atoms with E-state index >= 15 is 0 Å². The first kappa shape index (κ1) is 23.9. The first-order chi connectivity index (χ1) is 13.0. The van der Waals surface area contributed by atoms with Crippen LogP contribution in [-0.2, 0) is 4.79 Å². The van der Waals surface area contributed by atoms with Crippen LogP contribution in [0, 0.1) is 11.8 Å². The molecule has 1 aliphatic carbocycles. The number of aliphatic carboxylic acids is 1. The Morgan fingerprint density at radius 3 is 2.52 bits per heavy atom. The maximum atomic E-state index is 10.5. The number of hydrogen-bond acceptors (Lipinski definition) is 4. The minimum Gasteiger partial charge on any atom is -0.481 e. The van der Waals surface area contributed by atoms with Crippen molar-refractivity contribution in [2.24, 2.45) is 11.8 Å². The van der Waals surface area contributed by atoms with E-state index in [2.05, 4.69) is 6.92 Å². The fourth-order valence-electron chi connectivity index (χ4n) is 3.76. The van der Waals surface area contributed by atoms with Gasteiger partial charge in [-0.25, -0.2) is 0 Å². The van der Waals surface area contributed by atoms with Crippen LogP contribution in [0.5, 0.6) is 0 Å². The Morgan fingerprint density at radius 1 is 1.07 bits per heavy atom. The fraction of sp³-hybridized carbons (Fsp3) is 0.773. The number of carboxylic acid groups (broad SMARTS) is 1. The molecule has 27 heavy (non-hydrogen) atoms. The summed E-state index contributed by atoms with van der Waals surface area (Å²) in [6.45, 7) is 2.18. The number of carbonyl (C=O) groups is 1. The van der Waals surface area contributed by atoms with Gasteiger partial charge < -0.3 is 20.4 Å². The van der Waals surface area contributed by atoms with Crippen LogP contribution in [0.3, 0.4) is 0 Å². The van der Waals surface area contributed by atoms with Gasteiger partial charge in [0.1, 0.15) is 0 Å². The molecular weight excluding hydrogens is 344 g/mol. The molecule has 4 unspecified atom stereocenters. The van der Waals surface area contributed by atoms with E-state index in [9.17, 15) is 20.1 Å². The number of aliphatic hydroxyl groups excluding tert-OH is 3. The quantitative estimate of drug-likeness (QED) is 0.270. The van der Waals surface area contributed by atoms with Crippen molar-refractivity contribution in [3.05, 3.63) is 24.3 Å². The first-order valence-electron chi connectivity index (χ1n) is 10.5. The molecule has 0 aromatic rings. The lowest BCUT2D eigenvalue weighted by molar-refractivity contribution is -0.137. The van der Waals surface area contributed by atoms with Crippen molar-refractivity contribution in [3.63, 3.8) is 0 Å². The molecule has 0 saturated heterocycles. The topological polar surface area (TPSA) is 98.0 Å². The predicted octanol–water partition coefficient (Wildman–Crippen LogP) is 3.82. The van der Waals surface area contributed by atoms with Crippen LogP contribution in [0.2, 0.25) is 0 Å². The number of carboxylic acids is 1. The van der Waals surface area contributed by atoms with E-state index < -0.39 is 24.3 Å². The number of allylic oxidation sites excluding steroid dienone is 2. The highest BCUT2D eigenvalue weighted by atomic mass is 16.4. The molecule has 0 amide bonds. The zero-order valence-corrected chi connectivity index (χ0v) is 16.7. The zero-order valence-electron chi connectivity index (χ0n) is 16.7. The molecule has 1 saturated carbocycles.